The van der Waals surface area contributed by atoms with E-state index >= 15 is 0 Å². The lowest BCUT2D eigenvalue weighted by Crippen LogP contribution is -2.50. The van der Waals surface area contributed by atoms with Gasteiger partial charge in [-0.3, -0.25) is 0 Å². The average molecular weight is 295 g/mol. The Hall–Kier alpha value is -0.250. The number of ether oxygens (including phenoxy) is 2. The molecule has 114 valence electrons. The zero-order valence-corrected chi connectivity index (χ0v) is 12.4. The summed E-state index contributed by atoms with van der Waals surface area (Å²) in [5.41, 5.74) is 0. The highest BCUT2D eigenvalue weighted by Crippen LogP contribution is 2.00. The van der Waals surface area contributed by atoms with Gasteiger partial charge in [0.1, 0.15) is 0 Å². The van der Waals surface area contributed by atoms with Crippen molar-refractivity contribution in [2.75, 3.05) is 59.7 Å². The second-order valence-electron chi connectivity index (χ2n) is 4.36. The smallest absolute Gasteiger partial charge is 0.279 e. The lowest BCUT2D eigenvalue weighted by atomic mass is 10.3. The normalized spacial score (nSPS) is 17.7. The molecule has 0 bridgehead atoms. The van der Waals surface area contributed by atoms with Crippen LogP contribution in [0.5, 0.6) is 0 Å². The first kappa shape index (κ1) is 16.8. The third kappa shape index (κ3) is 7.19. The highest BCUT2D eigenvalue weighted by molar-refractivity contribution is 7.87. The molecule has 8 heteroatoms. The Morgan fingerprint density at radius 3 is 2.58 bits per heavy atom. The van der Waals surface area contributed by atoms with Gasteiger partial charge in [0.05, 0.1) is 13.2 Å². The van der Waals surface area contributed by atoms with Gasteiger partial charge in [0, 0.05) is 46.4 Å². The maximum absolute atomic E-state index is 11.9. The molecule has 0 aromatic heterocycles. The van der Waals surface area contributed by atoms with E-state index in [4.69, 9.17) is 9.47 Å². The molecule has 0 radical (unpaired) electrons. The summed E-state index contributed by atoms with van der Waals surface area (Å²) in [5.74, 6) is 0. The summed E-state index contributed by atoms with van der Waals surface area (Å²) in [6.07, 6.45) is 1.62. The van der Waals surface area contributed by atoms with Crippen molar-refractivity contribution in [3.8, 4) is 0 Å². The maximum Gasteiger partial charge on any atom is 0.279 e. The topological polar surface area (TPSA) is 79.9 Å². The number of rotatable bonds is 10. The highest BCUT2D eigenvalue weighted by Gasteiger charge is 2.22. The van der Waals surface area contributed by atoms with Gasteiger partial charge >= 0.3 is 0 Å². The van der Waals surface area contributed by atoms with Crippen molar-refractivity contribution in [2.24, 2.45) is 0 Å². The largest absolute Gasteiger partial charge is 0.382 e. The second-order valence-corrected chi connectivity index (χ2v) is 6.12. The van der Waals surface area contributed by atoms with Gasteiger partial charge in [-0.2, -0.15) is 12.7 Å². The molecular weight excluding hydrogens is 270 g/mol. The summed E-state index contributed by atoms with van der Waals surface area (Å²) in [6.45, 7) is 4.78. The molecule has 0 amide bonds. The first-order chi connectivity index (χ1) is 9.17. The predicted molar refractivity (Wildman–Crippen MR) is 73.3 cm³/mol. The third-order valence-corrected chi connectivity index (χ3v) is 4.46. The van der Waals surface area contributed by atoms with Gasteiger partial charge in [-0.25, -0.2) is 4.72 Å². The van der Waals surface area contributed by atoms with Crippen LogP contribution in [0.3, 0.4) is 0 Å². The summed E-state index contributed by atoms with van der Waals surface area (Å²) < 4.78 is 38.1. The van der Waals surface area contributed by atoms with E-state index in [-0.39, 0.29) is 0 Å². The van der Waals surface area contributed by atoms with Crippen LogP contribution in [-0.4, -0.2) is 72.4 Å². The predicted octanol–water partition coefficient (Wildman–Crippen LogP) is -0.831. The molecule has 0 spiro atoms. The van der Waals surface area contributed by atoms with Crippen molar-refractivity contribution in [3.63, 3.8) is 0 Å². The van der Waals surface area contributed by atoms with Crippen LogP contribution in [-0.2, 0) is 19.7 Å². The number of piperazine rings is 1. The lowest BCUT2D eigenvalue weighted by Gasteiger charge is -2.26. The van der Waals surface area contributed by atoms with E-state index in [1.54, 1.807) is 7.11 Å². The van der Waals surface area contributed by atoms with E-state index in [0.29, 0.717) is 52.5 Å². The van der Waals surface area contributed by atoms with Crippen molar-refractivity contribution in [2.45, 2.75) is 12.8 Å². The summed E-state index contributed by atoms with van der Waals surface area (Å²) in [7, 11) is -1.67. The van der Waals surface area contributed by atoms with Gasteiger partial charge in [-0.1, -0.05) is 0 Å². The molecule has 0 aliphatic carbocycles. The fraction of sp³-hybridized carbons (Fsp3) is 1.00. The van der Waals surface area contributed by atoms with Crippen LogP contribution in [0.25, 0.3) is 0 Å². The van der Waals surface area contributed by atoms with Crippen LogP contribution in [0.4, 0.5) is 0 Å². The monoisotopic (exact) mass is 295 g/mol. The third-order valence-electron chi connectivity index (χ3n) is 2.85. The van der Waals surface area contributed by atoms with E-state index in [9.17, 15) is 8.42 Å². The van der Waals surface area contributed by atoms with Crippen molar-refractivity contribution in [1.82, 2.24) is 14.3 Å². The molecular formula is C11H25N3O4S. The molecule has 0 atom stereocenters. The quantitative estimate of drug-likeness (QED) is 0.514. The zero-order valence-electron chi connectivity index (χ0n) is 11.6. The molecule has 1 aliphatic rings. The SMILES string of the molecule is COCCOCCCCNS(=O)(=O)N1CCNCC1. The van der Waals surface area contributed by atoms with Crippen LogP contribution < -0.4 is 10.0 Å². The second kappa shape index (κ2) is 9.62. The van der Waals surface area contributed by atoms with Gasteiger partial charge in [-0.15, -0.1) is 0 Å². The number of methoxy groups -OCH3 is 1. The van der Waals surface area contributed by atoms with Crippen molar-refractivity contribution in [3.05, 3.63) is 0 Å². The van der Waals surface area contributed by atoms with Gasteiger partial charge < -0.3 is 14.8 Å². The van der Waals surface area contributed by atoms with Crippen molar-refractivity contribution < 1.29 is 17.9 Å². The molecule has 19 heavy (non-hydrogen) atoms. The summed E-state index contributed by atoms with van der Waals surface area (Å²) in [6, 6.07) is 0. The van der Waals surface area contributed by atoms with Crippen LogP contribution in [0.1, 0.15) is 12.8 Å². The van der Waals surface area contributed by atoms with E-state index in [2.05, 4.69) is 10.0 Å². The average Bonchev–Trinajstić information content (AvgIpc) is 2.43. The molecule has 7 nitrogen and oxygen atoms in total. The number of unbranched alkanes of at least 4 members (excludes halogenated alkanes) is 1. The molecule has 0 aromatic carbocycles. The van der Waals surface area contributed by atoms with Crippen molar-refractivity contribution in [1.29, 1.82) is 0 Å². The molecule has 0 saturated carbocycles. The Kier molecular flexibility index (Phi) is 8.51. The molecule has 1 saturated heterocycles. The summed E-state index contributed by atoms with van der Waals surface area (Å²) in [5, 5.41) is 3.13. The minimum atomic E-state index is -3.30. The first-order valence-electron chi connectivity index (χ1n) is 6.69. The first-order valence-corrected chi connectivity index (χ1v) is 8.13. The van der Waals surface area contributed by atoms with Crippen LogP contribution in [0, 0.1) is 0 Å². The van der Waals surface area contributed by atoms with E-state index in [1.807, 2.05) is 0 Å². The zero-order chi connectivity index (χ0) is 14.0. The van der Waals surface area contributed by atoms with E-state index in [0.717, 1.165) is 12.8 Å². The molecule has 1 rings (SSSR count). The molecule has 1 aliphatic heterocycles. The highest BCUT2D eigenvalue weighted by atomic mass is 32.2. The minimum absolute atomic E-state index is 0.458. The molecule has 0 unspecified atom stereocenters. The molecule has 2 N–H and O–H groups in total. The maximum atomic E-state index is 11.9. The summed E-state index contributed by atoms with van der Waals surface area (Å²) in [4.78, 5) is 0. The fourth-order valence-electron chi connectivity index (χ4n) is 1.75. The van der Waals surface area contributed by atoms with Crippen LogP contribution >= 0.6 is 0 Å². The van der Waals surface area contributed by atoms with E-state index in [1.165, 1.54) is 4.31 Å². The van der Waals surface area contributed by atoms with Gasteiger partial charge in [0.2, 0.25) is 0 Å². The number of hydrogen-bond donors (Lipinski definition) is 2. The van der Waals surface area contributed by atoms with Gasteiger partial charge in [0.25, 0.3) is 10.2 Å². The van der Waals surface area contributed by atoms with Crippen molar-refractivity contribution >= 4 is 10.2 Å². The number of nitrogens with zero attached hydrogens (tertiary/aromatic N) is 1. The number of nitrogens with one attached hydrogen (secondary N) is 2. The molecule has 0 aromatic rings. The Morgan fingerprint density at radius 1 is 1.16 bits per heavy atom. The van der Waals surface area contributed by atoms with Gasteiger partial charge in [0.15, 0.2) is 0 Å². The standard InChI is InChI=1S/C11H25N3O4S/c1-17-10-11-18-9-3-2-4-13-19(15,16)14-7-5-12-6-8-14/h12-13H,2-11H2,1H3. The Morgan fingerprint density at radius 2 is 1.89 bits per heavy atom. The molecule has 1 heterocycles. The Labute approximate surface area is 115 Å². The minimum Gasteiger partial charge on any atom is -0.382 e. The van der Waals surface area contributed by atoms with Crippen LogP contribution in [0.2, 0.25) is 0 Å². The van der Waals surface area contributed by atoms with Gasteiger partial charge in [-0.05, 0) is 12.8 Å². The molecule has 1 fully saturated rings. The fourth-order valence-corrected chi connectivity index (χ4v) is 3.00. The number of hydrogen-bond acceptors (Lipinski definition) is 5. The van der Waals surface area contributed by atoms with Crippen LogP contribution in [0.15, 0.2) is 0 Å². The lowest BCUT2D eigenvalue weighted by molar-refractivity contribution is 0.0689. The Balaban J connectivity index is 2.04. The summed E-state index contributed by atoms with van der Waals surface area (Å²) >= 11 is 0. The van der Waals surface area contributed by atoms with E-state index < -0.39 is 10.2 Å². The Bertz CT molecular complexity index is 318.